The molecule has 19 heavy (non-hydrogen) atoms. The Kier molecular flexibility index (Phi) is 6.31. The number of ether oxygens (including phenoxy) is 1. The number of benzene rings is 1. The van der Waals surface area contributed by atoms with E-state index in [1.165, 1.54) is 7.11 Å². The molecule has 1 aromatic carbocycles. The van der Waals surface area contributed by atoms with Gasteiger partial charge in [-0.15, -0.1) is 0 Å². The van der Waals surface area contributed by atoms with Gasteiger partial charge in [0.25, 0.3) is 0 Å². The number of carbonyl (C=O) groups is 2. The number of methoxy groups -OCH3 is 1. The molecule has 0 heterocycles. The van der Waals surface area contributed by atoms with E-state index >= 15 is 0 Å². The van der Waals surface area contributed by atoms with Gasteiger partial charge in [0.1, 0.15) is 6.04 Å². The maximum atomic E-state index is 11.6. The van der Waals surface area contributed by atoms with Gasteiger partial charge in [-0.2, -0.15) is 0 Å². The molecule has 0 saturated carbocycles. The summed E-state index contributed by atoms with van der Waals surface area (Å²) in [5.74, 6) is -1.09. The molecule has 104 valence electrons. The van der Waals surface area contributed by atoms with Gasteiger partial charge in [0.15, 0.2) is 0 Å². The number of nitrogens with one attached hydrogen (secondary N) is 2. The molecule has 0 fully saturated rings. The summed E-state index contributed by atoms with van der Waals surface area (Å²) in [5, 5.41) is 13.9. The van der Waals surface area contributed by atoms with Gasteiger partial charge in [0, 0.05) is 30.3 Å². The largest absolute Gasteiger partial charge is 0.480 e. The van der Waals surface area contributed by atoms with Crippen LogP contribution >= 0.6 is 15.9 Å². The monoisotopic (exact) mass is 330 g/mol. The van der Waals surface area contributed by atoms with Gasteiger partial charge >= 0.3 is 12.0 Å². The zero-order valence-corrected chi connectivity index (χ0v) is 11.9. The van der Waals surface area contributed by atoms with E-state index in [0.717, 1.165) is 4.47 Å². The number of urea groups is 1. The third-order valence-corrected chi connectivity index (χ3v) is 2.84. The van der Waals surface area contributed by atoms with Crippen LogP contribution < -0.4 is 10.6 Å². The highest BCUT2D eigenvalue weighted by molar-refractivity contribution is 9.10. The molecule has 7 heteroatoms. The summed E-state index contributed by atoms with van der Waals surface area (Å²) in [4.78, 5) is 22.6. The Morgan fingerprint density at radius 1 is 1.37 bits per heavy atom. The van der Waals surface area contributed by atoms with Crippen LogP contribution in [0.3, 0.4) is 0 Å². The van der Waals surface area contributed by atoms with Crippen LogP contribution in [0.5, 0.6) is 0 Å². The van der Waals surface area contributed by atoms with Crippen LogP contribution in [0.4, 0.5) is 10.5 Å². The fourth-order valence-electron chi connectivity index (χ4n) is 1.35. The van der Waals surface area contributed by atoms with Crippen molar-refractivity contribution >= 4 is 33.6 Å². The Morgan fingerprint density at radius 3 is 2.53 bits per heavy atom. The molecule has 1 rings (SSSR count). The summed E-state index contributed by atoms with van der Waals surface area (Å²) < 4.78 is 5.69. The van der Waals surface area contributed by atoms with Crippen LogP contribution in [0.25, 0.3) is 0 Å². The topological polar surface area (TPSA) is 87.7 Å². The predicted octanol–water partition coefficient (Wildman–Crippen LogP) is 2.06. The first-order chi connectivity index (χ1) is 9.02. The highest BCUT2D eigenvalue weighted by atomic mass is 79.9. The van der Waals surface area contributed by atoms with Crippen molar-refractivity contribution < 1.29 is 19.4 Å². The summed E-state index contributed by atoms with van der Waals surface area (Å²) in [6.07, 6.45) is 0.208. The second-order valence-electron chi connectivity index (χ2n) is 3.78. The van der Waals surface area contributed by atoms with E-state index in [-0.39, 0.29) is 13.0 Å². The first-order valence-electron chi connectivity index (χ1n) is 5.57. The average Bonchev–Trinajstić information content (AvgIpc) is 2.37. The maximum absolute atomic E-state index is 11.6. The lowest BCUT2D eigenvalue weighted by atomic mass is 10.2. The standard InChI is InChI=1S/C12H15BrN2O4/c1-19-7-6-10(11(16)17)15-12(18)14-9-4-2-8(13)3-5-9/h2-5,10H,6-7H2,1H3,(H,16,17)(H2,14,15,18). The van der Waals surface area contributed by atoms with E-state index in [2.05, 4.69) is 26.6 Å². The van der Waals surface area contributed by atoms with E-state index in [1.54, 1.807) is 24.3 Å². The fraction of sp³-hybridized carbons (Fsp3) is 0.333. The molecular weight excluding hydrogens is 316 g/mol. The Hall–Kier alpha value is -1.60. The van der Waals surface area contributed by atoms with Gasteiger partial charge in [0.05, 0.1) is 0 Å². The molecule has 0 radical (unpaired) electrons. The van der Waals surface area contributed by atoms with Gasteiger partial charge in [-0.05, 0) is 24.3 Å². The van der Waals surface area contributed by atoms with Gasteiger partial charge in [-0.25, -0.2) is 9.59 Å². The van der Waals surface area contributed by atoms with E-state index in [1.807, 2.05) is 0 Å². The van der Waals surface area contributed by atoms with Crippen molar-refractivity contribution in [1.82, 2.24) is 5.32 Å². The summed E-state index contributed by atoms with van der Waals surface area (Å²) in [5.41, 5.74) is 0.580. The lowest BCUT2D eigenvalue weighted by Crippen LogP contribution is -2.43. The predicted molar refractivity (Wildman–Crippen MR) is 74.2 cm³/mol. The van der Waals surface area contributed by atoms with Crippen LogP contribution in [-0.2, 0) is 9.53 Å². The number of hydrogen-bond donors (Lipinski definition) is 3. The minimum atomic E-state index is -1.09. The van der Waals surface area contributed by atoms with E-state index in [0.29, 0.717) is 5.69 Å². The Bertz CT molecular complexity index is 436. The van der Waals surface area contributed by atoms with Crippen molar-refractivity contribution in [2.75, 3.05) is 19.0 Å². The lowest BCUT2D eigenvalue weighted by Gasteiger charge is -2.14. The van der Waals surface area contributed by atoms with Crippen LogP contribution in [0.2, 0.25) is 0 Å². The molecule has 0 aliphatic heterocycles. The van der Waals surface area contributed by atoms with Crippen molar-refractivity contribution in [1.29, 1.82) is 0 Å². The molecule has 1 atom stereocenters. The fourth-order valence-corrected chi connectivity index (χ4v) is 1.62. The molecule has 0 aliphatic rings. The molecule has 3 N–H and O–H groups in total. The first-order valence-corrected chi connectivity index (χ1v) is 6.37. The first kappa shape index (κ1) is 15.5. The molecule has 6 nitrogen and oxygen atoms in total. The summed E-state index contributed by atoms with van der Waals surface area (Å²) in [7, 11) is 1.47. The average molecular weight is 331 g/mol. The molecule has 2 amide bonds. The lowest BCUT2D eigenvalue weighted by molar-refractivity contribution is -0.139. The Labute approximate surface area is 119 Å². The third kappa shape index (κ3) is 5.71. The highest BCUT2D eigenvalue weighted by Gasteiger charge is 2.19. The smallest absolute Gasteiger partial charge is 0.326 e. The SMILES string of the molecule is COCCC(NC(=O)Nc1ccc(Br)cc1)C(=O)O. The van der Waals surface area contributed by atoms with Crippen molar-refractivity contribution in [3.63, 3.8) is 0 Å². The summed E-state index contributed by atoms with van der Waals surface area (Å²) in [6, 6.07) is 5.41. The molecule has 0 spiro atoms. The minimum absolute atomic E-state index is 0.208. The van der Waals surface area contributed by atoms with E-state index in [9.17, 15) is 9.59 Å². The van der Waals surface area contributed by atoms with Crippen molar-refractivity contribution in [3.8, 4) is 0 Å². The zero-order valence-electron chi connectivity index (χ0n) is 10.4. The molecular formula is C12H15BrN2O4. The van der Waals surface area contributed by atoms with Crippen LogP contribution in [0.1, 0.15) is 6.42 Å². The van der Waals surface area contributed by atoms with Gasteiger partial charge < -0.3 is 20.5 Å². The number of amides is 2. The van der Waals surface area contributed by atoms with Crippen LogP contribution in [-0.4, -0.2) is 36.9 Å². The normalized spacial score (nSPS) is 11.7. The highest BCUT2D eigenvalue weighted by Crippen LogP contribution is 2.13. The second kappa shape index (κ2) is 7.75. The van der Waals surface area contributed by atoms with Gasteiger partial charge in [-0.1, -0.05) is 15.9 Å². The Balaban J connectivity index is 2.52. The quantitative estimate of drug-likeness (QED) is 0.745. The minimum Gasteiger partial charge on any atom is -0.480 e. The van der Waals surface area contributed by atoms with Crippen LogP contribution in [0.15, 0.2) is 28.7 Å². The number of aliphatic carboxylic acids is 1. The summed E-state index contributed by atoms with van der Waals surface area (Å²) in [6.45, 7) is 0.259. The molecule has 1 unspecified atom stereocenters. The van der Waals surface area contributed by atoms with Gasteiger partial charge in [0.2, 0.25) is 0 Å². The maximum Gasteiger partial charge on any atom is 0.326 e. The second-order valence-corrected chi connectivity index (χ2v) is 4.69. The number of hydrogen-bond acceptors (Lipinski definition) is 3. The third-order valence-electron chi connectivity index (χ3n) is 2.32. The number of carboxylic acid groups (broad SMARTS) is 1. The molecule has 0 saturated heterocycles. The molecule has 0 bridgehead atoms. The Morgan fingerprint density at radius 2 is 2.00 bits per heavy atom. The number of halogens is 1. The van der Waals surface area contributed by atoms with Crippen molar-refractivity contribution in [2.24, 2.45) is 0 Å². The van der Waals surface area contributed by atoms with Crippen LogP contribution in [0, 0.1) is 0 Å². The number of carboxylic acids is 1. The van der Waals surface area contributed by atoms with Crippen molar-refractivity contribution in [3.05, 3.63) is 28.7 Å². The summed E-state index contributed by atoms with van der Waals surface area (Å²) >= 11 is 3.28. The van der Waals surface area contributed by atoms with E-state index < -0.39 is 18.0 Å². The molecule has 0 aliphatic carbocycles. The molecule has 1 aromatic rings. The van der Waals surface area contributed by atoms with E-state index in [4.69, 9.17) is 9.84 Å². The number of anilines is 1. The zero-order chi connectivity index (χ0) is 14.3. The van der Waals surface area contributed by atoms with Gasteiger partial charge in [-0.3, -0.25) is 0 Å². The number of rotatable bonds is 6. The number of carbonyl (C=O) groups excluding carboxylic acids is 1. The van der Waals surface area contributed by atoms with Crippen molar-refractivity contribution in [2.45, 2.75) is 12.5 Å². The molecule has 0 aromatic heterocycles.